The Bertz CT molecular complexity index is 888. The largest absolute Gasteiger partial charge is 0.471 e. The van der Waals surface area contributed by atoms with E-state index in [4.69, 9.17) is 0 Å². The van der Waals surface area contributed by atoms with Crippen molar-refractivity contribution in [3.63, 3.8) is 0 Å². The van der Waals surface area contributed by atoms with Crippen LogP contribution in [-0.2, 0) is 24.0 Å². The smallest absolute Gasteiger partial charge is 0.356 e. The van der Waals surface area contributed by atoms with Gasteiger partial charge in [0.1, 0.15) is 18.4 Å². The Kier molecular flexibility index (Phi) is 8.34. The Labute approximate surface area is 208 Å². The van der Waals surface area contributed by atoms with Crippen molar-refractivity contribution in [1.82, 2.24) is 20.9 Å². The van der Waals surface area contributed by atoms with Gasteiger partial charge in [0.15, 0.2) is 0 Å². The molecule has 9 nitrogen and oxygen atoms in total. The van der Waals surface area contributed by atoms with Crippen LogP contribution in [0.2, 0.25) is 0 Å². The average Bonchev–Trinajstić information content (AvgIpc) is 3.37. The number of halogens is 3. The summed E-state index contributed by atoms with van der Waals surface area (Å²) in [6.45, 7) is 5.36. The predicted molar refractivity (Wildman–Crippen MR) is 122 cm³/mol. The van der Waals surface area contributed by atoms with Gasteiger partial charge in [0.25, 0.3) is 0 Å². The molecule has 1 aliphatic carbocycles. The van der Waals surface area contributed by atoms with E-state index in [-0.39, 0.29) is 30.7 Å². The molecule has 3 fully saturated rings. The molecule has 36 heavy (non-hydrogen) atoms. The van der Waals surface area contributed by atoms with Crippen molar-refractivity contribution in [2.45, 2.75) is 83.6 Å². The first-order valence-corrected chi connectivity index (χ1v) is 12.5. The van der Waals surface area contributed by atoms with Gasteiger partial charge in [0.05, 0.1) is 6.04 Å². The molecule has 6 atom stereocenters. The molecule has 0 aromatic rings. The number of piperidine rings is 1. The van der Waals surface area contributed by atoms with E-state index >= 15 is 0 Å². The van der Waals surface area contributed by atoms with Crippen LogP contribution in [-0.4, -0.2) is 72.2 Å². The summed E-state index contributed by atoms with van der Waals surface area (Å²) >= 11 is 0. The predicted octanol–water partition coefficient (Wildman–Crippen LogP) is 1.31. The highest BCUT2D eigenvalue weighted by molar-refractivity contribution is 5.95. The Morgan fingerprint density at radius 3 is 2.39 bits per heavy atom. The molecule has 0 spiro atoms. The molecule has 0 unspecified atom stereocenters. The Balaban J connectivity index is 1.80. The SMILES string of the molecule is CC(C)(C)[C@H](NC(=O)C(F)(F)F)C(=O)N1C[C@@H]2CCC[C@@H]2[C@H]1C(=O)N[C@H](C=O)C[C@@H]1CCCNC1=O. The van der Waals surface area contributed by atoms with Crippen LogP contribution in [0.15, 0.2) is 0 Å². The van der Waals surface area contributed by atoms with Gasteiger partial charge in [0, 0.05) is 19.0 Å². The lowest BCUT2D eigenvalue weighted by Crippen LogP contribution is -2.60. The summed E-state index contributed by atoms with van der Waals surface area (Å²) < 4.78 is 38.9. The van der Waals surface area contributed by atoms with E-state index in [1.54, 1.807) is 0 Å². The highest BCUT2D eigenvalue weighted by Crippen LogP contribution is 2.43. The minimum Gasteiger partial charge on any atom is -0.356 e. The normalized spacial score (nSPS) is 28.1. The third-order valence-corrected chi connectivity index (χ3v) is 7.52. The third kappa shape index (κ3) is 6.18. The number of amides is 4. The number of likely N-dealkylation sites (tertiary alicyclic amines) is 1. The first-order chi connectivity index (χ1) is 16.7. The molecule has 12 heteroatoms. The van der Waals surface area contributed by atoms with Crippen molar-refractivity contribution in [2.24, 2.45) is 23.2 Å². The molecule has 1 saturated carbocycles. The van der Waals surface area contributed by atoms with Crippen LogP contribution in [0.5, 0.6) is 0 Å². The number of aldehydes is 1. The zero-order chi connectivity index (χ0) is 26.8. The maximum atomic E-state index is 13.6. The summed E-state index contributed by atoms with van der Waals surface area (Å²) in [4.78, 5) is 63.8. The van der Waals surface area contributed by atoms with Crippen molar-refractivity contribution in [1.29, 1.82) is 0 Å². The Hall–Kier alpha value is -2.66. The monoisotopic (exact) mass is 516 g/mol. The first kappa shape index (κ1) is 27.9. The number of nitrogens with one attached hydrogen (secondary N) is 3. The molecular weight excluding hydrogens is 481 g/mol. The van der Waals surface area contributed by atoms with Crippen LogP contribution in [0.4, 0.5) is 13.2 Å². The van der Waals surface area contributed by atoms with Crippen LogP contribution < -0.4 is 16.0 Å². The van der Waals surface area contributed by atoms with Crippen LogP contribution in [0.25, 0.3) is 0 Å². The van der Waals surface area contributed by atoms with E-state index in [1.807, 2.05) is 5.32 Å². The minimum absolute atomic E-state index is 0.00226. The molecule has 3 aliphatic rings. The van der Waals surface area contributed by atoms with Gasteiger partial charge < -0.3 is 25.6 Å². The molecule has 3 N–H and O–H groups in total. The number of carbonyl (C=O) groups is 5. The number of carbonyl (C=O) groups excluding carboxylic acids is 5. The highest BCUT2D eigenvalue weighted by atomic mass is 19.4. The number of hydrogen-bond acceptors (Lipinski definition) is 5. The van der Waals surface area contributed by atoms with E-state index in [1.165, 1.54) is 25.7 Å². The second kappa shape index (κ2) is 10.8. The molecule has 2 heterocycles. The highest BCUT2D eigenvalue weighted by Gasteiger charge is 2.53. The van der Waals surface area contributed by atoms with Gasteiger partial charge in [0.2, 0.25) is 17.7 Å². The lowest BCUT2D eigenvalue weighted by molar-refractivity contribution is -0.176. The maximum absolute atomic E-state index is 13.6. The van der Waals surface area contributed by atoms with Crippen LogP contribution in [0, 0.1) is 23.2 Å². The standard InChI is InChI=1S/C24H35F3N4O5/c1-23(2,3)18(30-22(36)24(25,26)27)21(35)31-11-14-6-4-8-16(14)17(31)20(34)29-15(12-32)10-13-7-5-9-28-19(13)33/h12-18H,4-11H2,1-3H3,(H,28,33)(H,29,34)(H,30,36)/t13-,14-,15-,16-,17-,18+/m0/s1. The third-order valence-electron chi connectivity index (χ3n) is 7.52. The molecule has 0 aromatic heterocycles. The van der Waals surface area contributed by atoms with Crippen molar-refractivity contribution in [3.8, 4) is 0 Å². The van der Waals surface area contributed by atoms with Crippen molar-refractivity contribution < 1.29 is 37.1 Å². The van der Waals surface area contributed by atoms with Crippen molar-refractivity contribution in [2.75, 3.05) is 13.1 Å². The second-order valence-corrected chi connectivity index (χ2v) is 11.2. The van der Waals surface area contributed by atoms with Crippen molar-refractivity contribution >= 4 is 29.9 Å². The molecule has 0 radical (unpaired) electrons. The van der Waals surface area contributed by atoms with Gasteiger partial charge in [-0.05, 0) is 49.4 Å². The molecule has 3 rings (SSSR count). The van der Waals surface area contributed by atoms with Gasteiger partial charge in [-0.1, -0.05) is 27.2 Å². The minimum atomic E-state index is -5.16. The molecule has 2 saturated heterocycles. The van der Waals surface area contributed by atoms with E-state index in [2.05, 4.69) is 10.6 Å². The summed E-state index contributed by atoms with van der Waals surface area (Å²) in [5, 5.41) is 7.23. The lowest BCUT2D eigenvalue weighted by atomic mass is 9.85. The van der Waals surface area contributed by atoms with E-state index in [0.29, 0.717) is 25.7 Å². The topological polar surface area (TPSA) is 125 Å². The fourth-order valence-corrected chi connectivity index (χ4v) is 5.68. The van der Waals surface area contributed by atoms with Crippen LogP contribution >= 0.6 is 0 Å². The van der Waals surface area contributed by atoms with Gasteiger partial charge >= 0.3 is 12.1 Å². The fourth-order valence-electron chi connectivity index (χ4n) is 5.68. The van der Waals surface area contributed by atoms with E-state index in [0.717, 1.165) is 19.3 Å². The number of nitrogens with zero attached hydrogens (tertiary/aromatic N) is 1. The fraction of sp³-hybridized carbons (Fsp3) is 0.792. The van der Waals surface area contributed by atoms with Crippen LogP contribution in [0.1, 0.15) is 59.3 Å². The maximum Gasteiger partial charge on any atom is 0.471 e. The van der Waals surface area contributed by atoms with Gasteiger partial charge in [-0.25, -0.2) is 0 Å². The van der Waals surface area contributed by atoms with Crippen molar-refractivity contribution in [3.05, 3.63) is 0 Å². The van der Waals surface area contributed by atoms with E-state index in [9.17, 15) is 37.1 Å². The summed E-state index contributed by atoms with van der Waals surface area (Å²) in [5.41, 5.74) is -1.06. The first-order valence-electron chi connectivity index (χ1n) is 12.5. The number of alkyl halides is 3. The van der Waals surface area contributed by atoms with Gasteiger partial charge in [-0.2, -0.15) is 13.2 Å². The number of rotatable bonds is 7. The molecule has 4 amide bonds. The number of fused-ring (bicyclic) bond motifs is 1. The van der Waals surface area contributed by atoms with Gasteiger partial charge in [-0.3, -0.25) is 19.2 Å². The van der Waals surface area contributed by atoms with E-state index < -0.39 is 53.4 Å². The molecule has 202 valence electrons. The van der Waals surface area contributed by atoms with Gasteiger partial charge in [-0.15, -0.1) is 0 Å². The lowest BCUT2D eigenvalue weighted by Gasteiger charge is -2.36. The Morgan fingerprint density at radius 2 is 1.81 bits per heavy atom. The molecular formula is C24H35F3N4O5. The summed E-state index contributed by atoms with van der Waals surface area (Å²) in [7, 11) is 0. The molecule has 0 bridgehead atoms. The van der Waals surface area contributed by atoms with Crippen LogP contribution in [0.3, 0.4) is 0 Å². The summed E-state index contributed by atoms with van der Waals surface area (Å²) in [6, 6.07) is -3.42. The average molecular weight is 517 g/mol. The zero-order valence-corrected chi connectivity index (χ0v) is 20.8. The zero-order valence-electron chi connectivity index (χ0n) is 20.8. The Morgan fingerprint density at radius 1 is 1.11 bits per heavy atom. The molecule has 2 aliphatic heterocycles. The summed E-state index contributed by atoms with van der Waals surface area (Å²) in [5.74, 6) is -4.34. The molecule has 0 aromatic carbocycles. The number of hydrogen-bond donors (Lipinski definition) is 3. The summed E-state index contributed by atoms with van der Waals surface area (Å²) in [6.07, 6.45) is -0.820. The second-order valence-electron chi connectivity index (χ2n) is 11.2. The quantitative estimate of drug-likeness (QED) is 0.440.